The Kier molecular flexibility index (Phi) is 6.76. The van der Waals surface area contributed by atoms with E-state index < -0.39 is 24.3 Å². The van der Waals surface area contributed by atoms with Crippen molar-refractivity contribution in [3.05, 3.63) is 53.3 Å². The SMILES string of the molecule is COc1ccc(C(=O)OCC(=O)N[C@@H](c2ccc3c(c2)OCCO3)C(C)C)c(F)c1. The van der Waals surface area contributed by atoms with Crippen LogP contribution in [-0.4, -0.2) is 38.8 Å². The first kappa shape index (κ1) is 21.4. The molecule has 160 valence electrons. The van der Waals surface area contributed by atoms with Crippen molar-refractivity contribution in [2.45, 2.75) is 19.9 Å². The highest BCUT2D eigenvalue weighted by Crippen LogP contribution is 2.34. The fourth-order valence-corrected chi connectivity index (χ4v) is 3.10. The molecular weight excluding hydrogens is 393 g/mol. The molecule has 0 aromatic heterocycles. The predicted octanol–water partition coefficient (Wildman–Crippen LogP) is 3.28. The molecule has 3 rings (SSSR count). The topological polar surface area (TPSA) is 83.1 Å². The van der Waals surface area contributed by atoms with E-state index in [0.29, 0.717) is 24.7 Å². The van der Waals surface area contributed by atoms with Crippen LogP contribution in [0.5, 0.6) is 17.2 Å². The van der Waals surface area contributed by atoms with Gasteiger partial charge in [0.05, 0.1) is 18.7 Å². The number of rotatable bonds is 7. The highest BCUT2D eigenvalue weighted by Gasteiger charge is 2.22. The van der Waals surface area contributed by atoms with Crippen LogP contribution in [0.25, 0.3) is 0 Å². The molecule has 1 atom stereocenters. The van der Waals surface area contributed by atoms with Crippen molar-refractivity contribution >= 4 is 11.9 Å². The lowest BCUT2D eigenvalue weighted by Crippen LogP contribution is -2.35. The molecule has 0 saturated heterocycles. The molecule has 2 aromatic rings. The molecule has 0 unspecified atom stereocenters. The van der Waals surface area contributed by atoms with Crippen LogP contribution in [0.4, 0.5) is 4.39 Å². The maximum Gasteiger partial charge on any atom is 0.341 e. The van der Waals surface area contributed by atoms with Crippen LogP contribution in [-0.2, 0) is 9.53 Å². The Morgan fingerprint density at radius 3 is 2.50 bits per heavy atom. The summed E-state index contributed by atoms with van der Waals surface area (Å²) in [6.45, 7) is 4.35. The minimum absolute atomic E-state index is 0.0613. The molecule has 0 aliphatic carbocycles. The number of nitrogens with one attached hydrogen (secondary N) is 1. The lowest BCUT2D eigenvalue weighted by atomic mass is 9.95. The zero-order valence-electron chi connectivity index (χ0n) is 17.1. The van der Waals surface area contributed by atoms with E-state index in [1.54, 1.807) is 6.07 Å². The molecule has 0 fully saturated rings. The first-order valence-corrected chi connectivity index (χ1v) is 9.58. The number of carbonyl (C=O) groups is 2. The third kappa shape index (κ3) is 5.00. The van der Waals surface area contributed by atoms with E-state index in [4.69, 9.17) is 18.9 Å². The minimum Gasteiger partial charge on any atom is -0.497 e. The highest BCUT2D eigenvalue weighted by molar-refractivity contribution is 5.91. The standard InChI is InChI=1S/C22H24FNO6/c1-13(2)21(14-4-7-18-19(10-14)29-9-8-28-18)24-20(25)12-30-22(26)16-6-5-15(27-3)11-17(16)23/h4-7,10-11,13,21H,8-9,12H2,1-3H3,(H,24,25)/t21-/m1/s1. The van der Waals surface area contributed by atoms with E-state index >= 15 is 0 Å². The van der Waals surface area contributed by atoms with E-state index in [1.807, 2.05) is 26.0 Å². The van der Waals surface area contributed by atoms with E-state index in [0.717, 1.165) is 11.6 Å². The van der Waals surface area contributed by atoms with Gasteiger partial charge in [-0.2, -0.15) is 0 Å². The third-order valence-electron chi connectivity index (χ3n) is 4.64. The molecule has 2 aromatic carbocycles. The molecule has 1 N–H and O–H groups in total. The second-order valence-corrected chi connectivity index (χ2v) is 7.11. The third-order valence-corrected chi connectivity index (χ3v) is 4.64. The molecule has 8 heteroatoms. The van der Waals surface area contributed by atoms with Crippen molar-refractivity contribution in [2.24, 2.45) is 5.92 Å². The fourth-order valence-electron chi connectivity index (χ4n) is 3.10. The summed E-state index contributed by atoms with van der Waals surface area (Å²) in [5.41, 5.74) is 0.575. The van der Waals surface area contributed by atoms with Crippen LogP contribution < -0.4 is 19.5 Å². The molecule has 7 nitrogen and oxygen atoms in total. The van der Waals surface area contributed by atoms with Crippen molar-refractivity contribution in [1.82, 2.24) is 5.32 Å². The normalized spacial score (nSPS) is 13.5. The molecule has 0 saturated carbocycles. The summed E-state index contributed by atoms with van der Waals surface area (Å²) < 4.78 is 35.0. The van der Waals surface area contributed by atoms with Crippen molar-refractivity contribution in [1.29, 1.82) is 0 Å². The highest BCUT2D eigenvalue weighted by atomic mass is 19.1. The average molecular weight is 417 g/mol. The second kappa shape index (κ2) is 9.47. The molecule has 1 heterocycles. The van der Waals surface area contributed by atoms with Gasteiger partial charge in [0.25, 0.3) is 5.91 Å². The fraction of sp³-hybridized carbons (Fsp3) is 0.364. The summed E-state index contributed by atoms with van der Waals surface area (Å²) in [5, 5.41) is 2.85. The van der Waals surface area contributed by atoms with Gasteiger partial charge in [-0.1, -0.05) is 19.9 Å². The average Bonchev–Trinajstić information content (AvgIpc) is 2.75. The van der Waals surface area contributed by atoms with Crippen LogP contribution in [0.2, 0.25) is 0 Å². The van der Waals surface area contributed by atoms with E-state index in [1.165, 1.54) is 19.2 Å². The summed E-state index contributed by atoms with van der Waals surface area (Å²) in [7, 11) is 1.39. The molecular formula is C22H24FNO6. The zero-order valence-corrected chi connectivity index (χ0v) is 17.1. The Morgan fingerprint density at radius 1 is 1.10 bits per heavy atom. The van der Waals surface area contributed by atoms with Gasteiger partial charge in [0.2, 0.25) is 0 Å². The van der Waals surface area contributed by atoms with E-state index in [2.05, 4.69) is 5.32 Å². The van der Waals surface area contributed by atoms with Gasteiger partial charge in [-0.15, -0.1) is 0 Å². The van der Waals surface area contributed by atoms with Crippen LogP contribution in [0.3, 0.4) is 0 Å². The summed E-state index contributed by atoms with van der Waals surface area (Å²) >= 11 is 0. The van der Waals surface area contributed by atoms with Gasteiger partial charge in [-0.05, 0) is 35.7 Å². The lowest BCUT2D eigenvalue weighted by Gasteiger charge is -2.25. The number of carbonyl (C=O) groups excluding carboxylic acids is 2. The predicted molar refractivity (Wildman–Crippen MR) is 106 cm³/mol. The number of esters is 1. The monoisotopic (exact) mass is 417 g/mol. The van der Waals surface area contributed by atoms with Crippen molar-refractivity contribution < 1.29 is 32.9 Å². The van der Waals surface area contributed by atoms with Crippen LogP contribution >= 0.6 is 0 Å². The first-order chi connectivity index (χ1) is 14.4. The van der Waals surface area contributed by atoms with Crippen LogP contribution in [0.1, 0.15) is 35.8 Å². The Hall–Kier alpha value is -3.29. The van der Waals surface area contributed by atoms with Gasteiger partial charge < -0.3 is 24.3 Å². The van der Waals surface area contributed by atoms with Crippen molar-refractivity contribution in [3.8, 4) is 17.2 Å². The molecule has 1 amide bonds. The number of halogens is 1. The Morgan fingerprint density at radius 2 is 1.83 bits per heavy atom. The summed E-state index contributed by atoms with van der Waals surface area (Å²) in [6.07, 6.45) is 0. The van der Waals surface area contributed by atoms with Gasteiger partial charge in [-0.25, -0.2) is 9.18 Å². The Bertz CT molecular complexity index is 930. The Labute approximate surface area is 174 Å². The molecule has 1 aliphatic heterocycles. The molecule has 1 aliphatic rings. The van der Waals surface area contributed by atoms with Crippen molar-refractivity contribution in [2.75, 3.05) is 26.9 Å². The van der Waals surface area contributed by atoms with Gasteiger partial charge >= 0.3 is 5.97 Å². The molecule has 30 heavy (non-hydrogen) atoms. The summed E-state index contributed by atoms with van der Waals surface area (Å²) in [6, 6.07) is 8.93. The van der Waals surface area contributed by atoms with E-state index in [-0.39, 0.29) is 23.3 Å². The van der Waals surface area contributed by atoms with Gasteiger partial charge in [-0.3, -0.25) is 4.79 Å². The zero-order chi connectivity index (χ0) is 21.7. The molecule has 0 radical (unpaired) electrons. The summed E-state index contributed by atoms with van der Waals surface area (Å²) in [4.78, 5) is 24.5. The van der Waals surface area contributed by atoms with Gasteiger partial charge in [0.1, 0.15) is 24.8 Å². The smallest absolute Gasteiger partial charge is 0.341 e. The molecule has 0 spiro atoms. The summed E-state index contributed by atoms with van der Waals surface area (Å²) in [5.74, 6) is -0.575. The number of benzene rings is 2. The minimum atomic E-state index is -0.925. The maximum atomic E-state index is 14.0. The largest absolute Gasteiger partial charge is 0.497 e. The van der Waals surface area contributed by atoms with E-state index in [9.17, 15) is 14.0 Å². The number of fused-ring (bicyclic) bond motifs is 1. The second-order valence-electron chi connectivity index (χ2n) is 7.11. The van der Waals surface area contributed by atoms with Crippen LogP contribution in [0, 0.1) is 11.7 Å². The number of hydrogen-bond donors (Lipinski definition) is 1. The first-order valence-electron chi connectivity index (χ1n) is 9.58. The molecule has 0 bridgehead atoms. The number of methoxy groups -OCH3 is 1. The van der Waals surface area contributed by atoms with Gasteiger partial charge in [0, 0.05) is 6.07 Å². The number of ether oxygens (including phenoxy) is 4. The maximum absolute atomic E-state index is 14.0. The van der Waals surface area contributed by atoms with Gasteiger partial charge in [0.15, 0.2) is 18.1 Å². The Balaban J connectivity index is 1.62. The van der Waals surface area contributed by atoms with Crippen LogP contribution in [0.15, 0.2) is 36.4 Å². The number of amides is 1. The quantitative estimate of drug-likeness (QED) is 0.697. The lowest BCUT2D eigenvalue weighted by molar-refractivity contribution is -0.125. The van der Waals surface area contributed by atoms with Crippen molar-refractivity contribution in [3.63, 3.8) is 0 Å². The number of hydrogen-bond acceptors (Lipinski definition) is 6.